The molecule has 7 heteroatoms. The summed E-state index contributed by atoms with van der Waals surface area (Å²) in [6.45, 7) is 2.27. The molecular formula is C25H28N2O5. The highest BCUT2D eigenvalue weighted by molar-refractivity contribution is 5.66. The second-order valence-electron chi connectivity index (χ2n) is 7.89. The molecule has 3 N–H and O–H groups in total. The topological polar surface area (TPSA) is 97.0 Å². The molecule has 2 aromatic carbocycles. The van der Waals surface area contributed by atoms with E-state index in [-0.39, 0.29) is 18.8 Å². The van der Waals surface area contributed by atoms with Gasteiger partial charge >= 0.3 is 0 Å². The maximum Gasteiger partial charge on any atom is 0.150 e. The van der Waals surface area contributed by atoms with E-state index in [9.17, 15) is 15.3 Å². The van der Waals surface area contributed by atoms with E-state index in [1.807, 2.05) is 60.7 Å². The predicted octanol–water partition coefficient (Wildman–Crippen LogP) is 2.99. The molecule has 0 bridgehead atoms. The molecular weight excluding hydrogens is 408 g/mol. The summed E-state index contributed by atoms with van der Waals surface area (Å²) in [6.07, 6.45) is 5.59. The van der Waals surface area contributed by atoms with Crippen LogP contribution in [0.2, 0.25) is 0 Å². The molecule has 1 aliphatic heterocycles. The van der Waals surface area contributed by atoms with E-state index < -0.39 is 12.2 Å². The lowest BCUT2D eigenvalue weighted by atomic mass is 10.0. The first-order valence-corrected chi connectivity index (χ1v) is 10.7. The van der Waals surface area contributed by atoms with Crippen molar-refractivity contribution in [1.82, 2.24) is 9.55 Å². The van der Waals surface area contributed by atoms with E-state index in [1.165, 1.54) is 0 Å². The third kappa shape index (κ3) is 5.08. The fourth-order valence-electron chi connectivity index (χ4n) is 3.72. The molecule has 2 heterocycles. The molecule has 4 atom stereocenters. The summed E-state index contributed by atoms with van der Waals surface area (Å²) in [4.78, 5) is 4.16. The normalized spacial score (nSPS) is 20.5. The van der Waals surface area contributed by atoms with E-state index in [4.69, 9.17) is 9.47 Å². The molecule has 0 unspecified atom stereocenters. The highest BCUT2D eigenvalue weighted by Crippen LogP contribution is 2.25. The standard InChI is InChI=1S/C25H28N2O5/c1-17(29)25-26-12-13-27(25)21(14-28)9-4-18-2-5-19(6-3-18)20-7-10-22(11-8-20)32-24-16-31-15-23(24)30/h2-13,17,21,23-24,28-30H,14-16H2,1H3/b9-4+/t17-,21-,23-,24-/m0/s1. The molecule has 0 saturated carbocycles. The first-order valence-electron chi connectivity index (χ1n) is 10.7. The zero-order valence-electron chi connectivity index (χ0n) is 17.9. The molecule has 7 nitrogen and oxygen atoms in total. The van der Waals surface area contributed by atoms with E-state index >= 15 is 0 Å². The third-order valence-electron chi connectivity index (χ3n) is 5.51. The van der Waals surface area contributed by atoms with Crippen LogP contribution in [0.3, 0.4) is 0 Å². The molecule has 1 saturated heterocycles. The van der Waals surface area contributed by atoms with Crippen molar-refractivity contribution in [1.29, 1.82) is 0 Å². The number of aliphatic hydroxyl groups is 3. The minimum absolute atomic E-state index is 0.0942. The fraction of sp³-hybridized carbons (Fsp3) is 0.320. The number of hydrogen-bond acceptors (Lipinski definition) is 6. The lowest BCUT2D eigenvalue weighted by molar-refractivity contribution is 0.0733. The lowest BCUT2D eigenvalue weighted by Gasteiger charge is -2.16. The maximum absolute atomic E-state index is 9.85. The van der Waals surface area contributed by atoms with Gasteiger partial charge in [-0.25, -0.2) is 4.98 Å². The van der Waals surface area contributed by atoms with Crippen molar-refractivity contribution in [3.63, 3.8) is 0 Å². The predicted molar refractivity (Wildman–Crippen MR) is 121 cm³/mol. The van der Waals surface area contributed by atoms with Crippen LogP contribution in [0.1, 0.15) is 30.5 Å². The summed E-state index contributed by atoms with van der Waals surface area (Å²) < 4.78 is 12.8. The summed E-state index contributed by atoms with van der Waals surface area (Å²) in [7, 11) is 0. The Labute approximate surface area is 187 Å². The van der Waals surface area contributed by atoms with Gasteiger partial charge in [0.1, 0.15) is 29.9 Å². The molecule has 0 amide bonds. The van der Waals surface area contributed by atoms with Gasteiger partial charge < -0.3 is 29.4 Å². The van der Waals surface area contributed by atoms with E-state index in [2.05, 4.69) is 4.98 Å². The quantitative estimate of drug-likeness (QED) is 0.502. The largest absolute Gasteiger partial charge is 0.485 e. The number of imidazole rings is 1. The Morgan fingerprint density at radius 3 is 2.41 bits per heavy atom. The Bertz CT molecular complexity index is 1030. The smallest absolute Gasteiger partial charge is 0.150 e. The van der Waals surface area contributed by atoms with Crippen molar-refractivity contribution in [3.05, 3.63) is 78.4 Å². The Kier molecular flexibility index (Phi) is 7.02. The van der Waals surface area contributed by atoms with Gasteiger partial charge in [-0.15, -0.1) is 0 Å². The molecule has 0 radical (unpaired) electrons. The van der Waals surface area contributed by atoms with Gasteiger partial charge in [0, 0.05) is 12.4 Å². The minimum atomic E-state index is -0.708. The molecule has 1 fully saturated rings. The van der Waals surface area contributed by atoms with Crippen molar-refractivity contribution < 1.29 is 24.8 Å². The van der Waals surface area contributed by atoms with Crippen molar-refractivity contribution in [3.8, 4) is 16.9 Å². The molecule has 0 spiro atoms. The second-order valence-corrected chi connectivity index (χ2v) is 7.89. The van der Waals surface area contributed by atoms with Gasteiger partial charge in [-0.3, -0.25) is 0 Å². The van der Waals surface area contributed by atoms with Crippen LogP contribution >= 0.6 is 0 Å². The number of benzene rings is 2. The van der Waals surface area contributed by atoms with Crippen molar-refractivity contribution in [2.75, 3.05) is 19.8 Å². The first kappa shape index (κ1) is 22.2. The summed E-state index contributed by atoms with van der Waals surface area (Å²) in [5.74, 6) is 1.22. The van der Waals surface area contributed by atoms with Crippen LogP contribution in [-0.4, -0.2) is 56.9 Å². The van der Waals surface area contributed by atoms with Gasteiger partial charge in [0.15, 0.2) is 0 Å². The monoisotopic (exact) mass is 436 g/mol. The van der Waals surface area contributed by atoms with Crippen molar-refractivity contribution in [2.45, 2.75) is 31.3 Å². The van der Waals surface area contributed by atoms with Crippen LogP contribution in [0.25, 0.3) is 17.2 Å². The fourth-order valence-corrected chi connectivity index (χ4v) is 3.72. The molecule has 168 valence electrons. The van der Waals surface area contributed by atoms with Crippen molar-refractivity contribution in [2.24, 2.45) is 0 Å². The van der Waals surface area contributed by atoms with Crippen LogP contribution in [-0.2, 0) is 4.74 Å². The lowest BCUT2D eigenvalue weighted by Crippen LogP contribution is -2.29. The van der Waals surface area contributed by atoms with Crippen molar-refractivity contribution >= 4 is 6.08 Å². The number of aromatic nitrogens is 2. The summed E-state index contributed by atoms with van der Waals surface area (Å²) in [5, 5.41) is 29.4. The van der Waals surface area contributed by atoms with Crippen LogP contribution in [0.4, 0.5) is 0 Å². The molecule has 0 aliphatic carbocycles. The molecule has 1 aliphatic rings. The number of rotatable bonds is 8. The highest BCUT2D eigenvalue weighted by Gasteiger charge is 2.27. The van der Waals surface area contributed by atoms with Crippen LogP contribution in [0.5, 0.6) is 5.75 Å². The number of hydrogen-bond donors (Lipinski definition) is 3. The van der Waals surface area contributed by atoms with Crippen LogP contribution < -0.4 is 4.74 Å². The van der Waals surface area contributed by atoms with E-state index in [1.54, 1.807) is 23.9 Å². The molecule has 32 heavy (non-hydrogen) atoms. The van der Waals surface area contributed by atoms with Gasteiger partial charge in [-0.1, -0.05) is 48.6 Å². The molecule has 3 aromatic rings. The number of ether oxygens (including phenoxy) is 2. The maximum atomic E-state index is 9.85. The highest BCUT2D eigenvalue weighted by atomic mass is 16.6. The Morgan fingerprint density at radius 1 is 1.12 bits per heavy atom. The zero-order valence-corrected chi connectivity index (χ0v) is 17.9. The third-order valence-corrected chi connectivity index (χ3v) is 5.51. The Hall–Kier alpha value is -2.97. The van der Waals surface area contributed by atoms with Gasteiger partial charge in [-0.2, -0.15) is 0 Å². The summed E-state index contributed by atoms with van der Waals surface area (Å²) in [6, 6.07) is 15.6. The molecule has 1 aromatic heterocycles. The first-order chi connectivity index (χ1) is 15.5. The van der Waals surface area contributed by atoms with Gasteiger partial charge in [0.25, 0.3) is 0 Å². The SMILES string of the molecule is C[C@H](O)c1nccn1[C@@H](/C=C/c1ccc(-c2ccc(O[C@H]3COC[C@@H]3O)cc2)cc1)CO. The zero-order chi connectivity index (χ0) is 22.5. The van der Waals surface area contributed by atoms with Gasteiger partial charge in [0.05, 0.1) is 25.9 Å². The average Bonchev–Trinajstić information content (AvgIpc) is 3.45. The summed E-state index contributed by atoms with van der Waals surface area (Å²) in [5.41, 5.74) is 3.13. The Morgan fingerprint density at radius 2 is 1.81 bits per heavy atom. The van der Waals surface area contributed by atoms with Crippen LogP contribution in [0, 0.1) is 0 Å². The van der Waals surface area contributed by atoms with Gasteiger partial charge in [0.2, 0.25) is 0 Å². The summed E-state index contributed by atoms with van der Waals surface area (Å²) >= 11 is 0. The van der Waals surface area contributed by atoms with E-state index in [0.717, 1.165) is 16.7 Å². The van der Waals surface area contributed by atoms with Gasteiger partial charge in [-0.05, 0) is 35.7 Å². The average molecular weight is 437 g/mol. The number of aliphatic hydroxyl groups excluding tert-OH is 3. The minimum Gasteiger partial charge on any atom is -0.485 e. The van der Waals surface area contributed by atoms with E-state index in [0.29, 0.717) is 24.8 Å². The number of nitrogens with zero attached hydrogens (tertiary/aromatic N) is 2. The van der Waals surface area contributed by atoms with Crippen LogP contribution in [0.15, 0.2) is 67.0 Å². The second kappa shape index (κ2) is 10.1. The Balaban J connectivity index is 1.41. The molecule has 4 rings (SSSR count).